The third kappa shape index (κ3) is 7.31. The molecule has 1 rings (SSSR count). The molecule has 21 heavy (non-hydrogen) atoms. The number of aliphatic hydroxyl groups is 2. The van der Waals surface area contributed by atoms with Gasteiger partial charge in [0.1, 0.15) is 15.7 Å². The molecule has 0 saturated carbocycles. The molecule has 4 radical (unpaired) electrons. The molecule has 116 valence electrons. The number of hydrogen-bond donors (Lipinski definition) is 3. The fourth-order valence-corrected chi connectivity index (χ4v) is 2.12. The van der Waals surface area contributed by atoms with Gasteiger partial charge < -0.3 is 25.0 Å². The lowest BCUT2D eigenvalue weighted by molar-refractivity contribution is -0.122. The number of amides is 1. The Morgan fingerprint density at radius 3 is 2.86 bits per heavy atom. The Morgan fingerprint density at radius 1 is 1.57 bits per heavy atom. The maximum Gasteiger partial charge on any atom is 0.220 e. The molecule has 3 N–H and O–H groups in total. The molecule has 1 saturated heterocycles. The van der Waals surface area contributed by atoms with E-state index in [0.29, 0.717) is 25.7 Å². The lowest BCUT2D eigenvalue weighted by Gasteiger charge is -2.18. The summed E-state index contributed by atoms with van der Waals surface area (Å²) in [5.74, 6) is -0.131. The molecule has 1 heterocycles. The molecule has 5 atom stereocenters. The molecular weight excluding hydrogens is 272 g/mol. The van der Waals surface area contributed by atoms with E-state index in [1.54, 1.807) is 6.92 Å². The molecule has 0 spiro atoms. The predicted octanol–water partition coefficient (Wildman–Crippen LogP) is -1.19. The molecular formula is C13H23B2NO5. The zero-order valence-electron chi connectivity index (χ0n) is 12.4. The van der Waals surface area contributed by atoms with E-state index in [9.17, 15) is 9.90 Å². The SMILES string of the molecule is [B][C@@H](CCCC(=O)NC[C@H]1O[C@@H]([B])C[C@H]1O)OC(C)CO. The Balaban J connectivity index is 2.09. The van der Waals surface area contributed by atoms with E-state index in [2.05, 4.69) is 5.32 Å². The van der Waals surface area contributed by atoms with Crippen molar-refractivity contribution in [3.8, 4) is 0 Å². The van der Waals surface area contributed by atoms with Crippen molar-refractivity contribution < 1.29 is 24.5 Å². The van der Waals surface area contributed by atoms with Crippen molar-refractivity contribution in [2.75, 3.05) is 13.2 Å². The number of rotatable bonds is 9. The highest BCUT2D eigenvalue weighted by atomic mass is 16.5. The van der Waals surface area contributed by atoms with Gasteiger partial charge in [0.2, 0.25) is 5.91 Å². The third-order valence-electron chi connectivity index (χ3n) is 3.31. The topological polar surface area (TPSA) is 88.0 Å². The van der Waals surface area contributed by atoms with Crippen molar-refractivity contribution in [2.24, 2.45) is 0 Å². The van der Waals surface area contributed by atoms with E-state index in [-0.39, 0.29) is 25.2 Å². The lowest BCUT2D eigenvalue weighted by Crippen LogP contribution is -2.37. The minimum absolute atomic E-state index is 0.0833. The number of hydrogen-bond acceptors (Lipinski definition) is 5. The van der Waals surface area contributed by atoms with Crippen LogP contribution in [0.2, 0.25) is 0 Å². The van der Waals surface area contributed by atoms with Crippen LogP contribution >= 0.6 is 0 Å². The van der Waals surface area contributed by atoms with Crippen LogP contribution in [0.1, 0.15) is 32.6 Å². The van der Waals surface area contributed by atoms with Crippen molar-refractivity contribution in [1.82, 2.24) is 5.32 Å². The molecule has 1 unspecified atom stereocenters. The Kier molecular flexibility index (Phi) is 8.32. The van der Waals surface area contributed by atoms with E-state index in [4.69, 9.17) is 30.3 Å². The molecule has 1 amide bonds. The van der Waals surface area contributed by atoms with Gasteiger partial charge in [-0.15, -0.1) is 0 Å². The first-order valence-electron chi connectivity index (χ1n) is 7.30. The van der Waals surface area contributed by atoms with Crippen LogP contribution in [0, 0.1) is 0 Å². The number of nitrogens with one attached hydrogen (secondary N) is 1. The summed E-state index contributed by atoms with van der Waals surface area (Å²) in [5, 5.41) is 21.1. The Labute approximate surface area is 128 Å². The maximum atomic E-state index is 11.6. The van der Waals surface area contributed by atoms with Crippen LogP contribution in [0.15, 0.2) is 0 Å². The van der Waals surface area contributed by atoms with Gasteiger partial charge in [-0.1, -0.05) is 0 Å². The highest BCUT2D eigenvalue weighted by Gasteiger charge is 2.30. The number of ether oxygens (including phenoxy) is 2. The molecule has 1 aliphatic rings. The van der Waals surface area contributed by atoms with Gasteiger partial charge in [-0.3, -0.25) is 4.79 Å². The standard InChI is InChI=1S/C13H23B2NO5/c1-8(7-17)20-11(14)3-2-4-13(19)16-6-10-9(18)5-12(15)21-10/h8-12,17-18H,2-7H2,1H3,(H,16,19)/t8?,9-,10-,11-,12-/m1/s1. The van der Waals surface area contributed by atoms with E-state index in [0.717, 1.165) is 0 Å². The van der Waals surface area contributed by atoms with Gasteiger partial charge in [-0.2, -0.15) is 0 Å². The molecule has 1 fully saturated rings. The first kappa shape index (κ1) is 18.5. The Hall–Kier alpha value is -0.560. The second-order valence-corrected chi connectivity index (χ2v) is 5.38. The van der Waals surface area contributed by atoms with Crippen LogP contribution < -0.4 is 5.32 Å². The Bertz CT molecular complexity index is 321. The highest BCUT2D eigenvalue weighted by molar-refractivity contribution is 6.11. The fourth-order valence-electron chi connectivity index (χ4n) is 2.12. The number of carbonyl (C=O) groups is 1. The second-order valence-electron chi connectivity index (χ2n) is 5.38. The van der Waals surface area contributed by atoms with Crippen molar-refractivity contribution >= 4 is 21.6 Å². The van der Waals surface area contributed by atoms with Gasteiger partial charge in [0, 0.05) is 25.0 Å². The monoisotopic (exact) mass is 295 g/mol. The van der Waals surface area contributed by atoms with Gasteiger partial charge >= 0.3 is 0 Å². The first-order chi connectivity index (χ1) is 9.92. The third-order valence-corrected chi connectivity index (χ3v) is 3.31. The average Bonchev–Trinajstić information content (AvgIpc) is 2.74. The highest BCUT2D eigenvalue weighted by Crippen LogP contribution is 2.17. The van der Waals surface area contributed by atoms with Crippen molar-refractivity contribution in [3.05, 3.63) is 0 Å². The average molecular weight is 295 g/mol. The van der Waals surface area contributed by atoms with Crippen LogP contribution in [0.5, 0.6) is 0 Å². The molecule has 0 aromatic heterocycles. The van der Waals surface area contributed by atoms with Gasteiger partial charge in [0.15, 0.2) is 0 Å². The molecule has 0 aliphatic carbocycles. The first-order valence-corrected chi connectivity index (χ1v) is 7.30. The zero-order chi connectivity index (χ0) is 15.8. The van der Waals surface area contributed by atoms with E-state index >= 15 is 0 Å². The number of aliphatic hydroxyl groups excluding tert-OH is 2. The van der Waals surface area contributed by atoms with Crippen LogP contribution in [0.3, 0.4) is 0 Å². The minimum Gasteiger partial charge on any atom is -0.394 e. The van der Waals surface area contributed by atoms with Crippen LogP contribution in [-0.4, -0.2) is 75.3 Å². The number of carbonyl (C=O) groups excluding carboxylic acids is 1. The summed E-state index contributed by atoms with van der Waals surface area (Å²) in [5.41, 5.74) is 0. The summed E-state index contributed by atoms with van der Waals surface area (Å²) in [4.78, 5) is 11.6. The molecule has 6 nitrogen and oxygen atoms in total. The lowest BCUT2D eigenvalue weighted by atomic mass is 9.94. The van der Waals surface area contributed by atoms with E-state index in [1.165, 1.54) is 0 Å². The summed E-state index contributed by atoms with van der Waals surface area (Å²) in [6.45, 7) is 1.89. The van der Waals surface area contributed by atoms with Crippen molar-refractivity contribution in [2.45, 2.75) is 62.9 Å². The zero-order valence-corrected chi connectivity index (χ0v) is 12.4. The van der Waals surface area contributed by atoms with Gasteiger partial charge in [-0.05, 0) is 26.2 Å². The fraction of sp³-hybridized carbons (Fsp3) is 0.923. The van der Waals surface area contributed by atoms with Gasteiger partial charge in [-0.25, -0.2) is 0 Å². The normalized spacial score (nSPS) is 28.2. The van der Waals surface area contributed by atoms with Crippen LogP contribution in [0.25, 0.3) is 0 Å². The van der Waals surface area contributed by atoms with Crippen molar-refractivity contribution in [3.63, 3.8) is 0 Å². The molecule has 0 aromatic carbocycles. The van der Waals surface area contributed by atoms with Gasteiger partial charge in [0.25, 0.3) is 0 Å². The quantitative estimate of drug-likeness (QED) is 0.466. The molecule has 1 aliphatic heterocycles. The largest absolute Gasteiger partial charge is 0.394 e. The second kappa shape index (κ2) is 9.46. The smallest absolute Gasteiger partial charge is 0.220 e. The van der Waals surface area contributed by atoms with Crippen LogP contribution in [-0.2, 0) is 14.3 Å². The Morgan fingerprint density at radius 2 is 2.29 bits per heavy atom. The van der Waals surface area contributed by atoms with Gasteiger partial charge in [0.05, 0.1) is 24.9 Å². The summed E-state index contributed by atoms with van der Waals surface area (Å²) in [6, 6.07) is -0.955. The molecule has 0 aromatic rings. The van der Waals surface area contributed by atoms with Crippen molar-refractivity contribution in [1.29, 1.82) is 0 Å². The molecule has 0 bridgehead atoms. The minimum atomic E-state index is -0.637. The van der Waals surface area contributed by atoms with E-state index < -0.39 is 24.2 Å². The predicted molar refractivity (Wildman–Crippen MR) is 79.1 cm³/mol. The summed E-state index contributed by atoms with van der Waals surface area (Å²) in [7, 11) is 11.3. The molecule has 8 heteroatoms. The summed E-state index contributed by atoms with van der Waals surface area (Å²) >= 11 is 0. The van der Waals surface area contributed by atoms with E-state index in [1.807, 2.05) is 0 Å². The summed E-state index contributed by atoms with van der Waals surface area (Å²) in [6.07, 6.45) is 0.431. The maximum absolute atomic E-state index is 11.6. The van der Waals surface area contributed by atoms with Crippen LogP contribution in [0.4, 0.5) is 0 Å². The summed E-state index contributed by atoms with van der Waals surface area (Å²) < 4.78 is 10.5.